The van der Waals surface area contributed by atoms with Gasteiger partial charge in [0.25, 0.3) is 0 Å². The minimum absolute atomic E-state index is 0.172. The van der Waals surface area contributed by atoms with E-state index in [0.29, 0.717) is 17.5 Å². The van der Waals surface area contributed by atoms with Gasteiger partial charge in [-0.05, 0) is 25.6 Å². The Kier molecular flexibility index (Phi) is 5.27. The molecule has 1 fully saturated rings. The topological polar surface area (TPSA) is 65.6 Å². The zero-order valence-electron chi connectivity index (χ0n) is 14.0. The van der Waals surface area contributed by atoms with E-state index in [1.807, 2.05) is 6.07 Å². The van der Waals surface area contributed by atoms with Gasteiger partial charge in [-0.1, -0.05) is 12.1 Å². The van der Waals surface area contributed by atoms with Gasteiger partial charge in [-0.3, -0.25) is 4.79 Å². The first kappa shape index (κ1) is 16.7. The van der Waals surface area contributed by atoms with Crippen LogP contribution < -0.4 is 5.43 Å². The molecular formula is C18H23N3O3. The van der Waals surface area contributed by atoms with E-state index in [1.165, 1.54) is 6.07 Å². The molecule has 0 radical (unpaired) electrons. The molecule has 2 heterocycles. The van der Waals surface area contributed by atoms with Gasteiger partial charge in [-0.15, -0.1) is 0 Å². The summed E-state index contributed by atoms with van der Waals surface area (Å²) in [6.07, 6.45) is 0.799. The number of ether oxygens (including phenoxy) is 1. The number of carbonyl (C=O) groups excluding carboxylic acids is 1. The van der Waals surface area contributed by atoms with E-state index >= 15 is 0 Å². The zero-order chi connectivity index (χ0) is 16.9. The van der Waals surface area contributed by atoms with Crippen LogP contribution in [-0.2, 0) is 4.74 Å². The lowest BCUT2D eigenvalue weighted by Crippen LogP contribution is -2.44. The predicted octanol–water partition coefficient (Wildman–Crippen LogP) is 1.32. The molecule has 1 aliphatic heterocycles. The number of rotatable bonds is 5. The molecule has 1 aromatic carbocycles. The normalized spacial score (nSPS) is 16.4. The van der Waals surface area contributed by atoms with Crippen LogP contribution in [0.2, 0.25) is 0 Å². The van der Waals surface area contributed by atoms with E-state index in [2.05, 4.69) is 21.8 Å². The number of likely N-dealkylation sites (N-methyl/N-ethyl adjacent to an activating group) is 1. The highest BCUT2D eigenvalue weighted by Crippen LogP contribution is 2.08. The number of esters is 1. The van der Waals surface area contributed by atoms with Crippen LogP contribution in [-0.4, -0.2) is 67.1 Å². The quantitative estimate of drug-likeness (QED) is 0.662. The maximum atomic E-state index is 12.1. The van der Waals surface area contributed by atoms with Crippen molar-refractivity contribution in [1.29, 1.82) is 0 Å². The third kappa shape index (κ3) is 4.01. The van der Waals surface area contributed by atoms with Crippen molar-refractivity contribution < 1.29 is 9.53 Å². The Morgan fingerprint density at radius 2 is 1.96 bits per heavy atom. The molecule has 0 spiro atoms. The second kappa shape index (κ2) is 7.59. The van der Waals surface area contributed by atoms with Gasteiger partial charge < -0.3 is 19.5 Å². The lowest BCUT2D eigenvalue weighted by molar-refractivity contribution is 0.0473. The van der Waals surface area contributed by atoms with E-state index in [0.717, 1.165) is 39.1 Å². The van der Waals surface area contributed by atoms with E-state index in [4.69, 9.17) is 4.74 Å². The number of fused-ring (bicyclic) bond motifs is 1. The number of hydrogen-bond acceptors (Lipinski definition) is 5. The highest BCUT2D eigenvalue weighted by molar-refractivity contribution is 5.90. The van der Waals surface area contributed by atoms with Crippen molar-refractivity contribution in [3.05, 3.63) is 46.2 Å². The Morgan fingerprint density at radius 1 is 1.21 bits per heavy atom. The number of nitrogens with one attached hydrogen (secondary N) is 1. The van der Waals surface area contributed by atoms with Crippen LogP contribution in [0.4, 0.5) is 0 Å². The molecule has 0 unspecified atom stereocenters. The van der Waals surface area contributed by atoms with Crippen LogP contribution in [0.15, 0.2) is 35.1 Å². The molecule has 0 atom stereocenters. The van der Waals surface area contributed by atoms with Crippen LogP contribution in [0.3, 0.4) is 0 Å². The molecule has 6 heteroatoms. The zero-order valence-corrected chi connectivity index (χ0v) is 14.0. The fourth-order valence-electron chi connectivity index (χ4n) is 2.91. The lowest BCUT2D eigenvalue weighted by atomic mass is 10.2. The van der Waals surface area contributed by atoms with Crippen LogP contribution in [0.1, 0.15) is 16.9 Å². The van der Waals surface area contributed by atoms with E-state index in [1.54, 1.807) is 18.2 Å². The summed E-state index contributed by atoms with van der Waals surface area (Å²) in [6.45, 7) is 5.57. The summed E-state index contributed by atoms with van der Waals surface area (Å²) in [5.74, 6) is -0.476. The summed E-state index contributed by atoms with van der Waals surface area (Å²) < 4.78 is 5.30. The van der Waals surface area contributed by atoms with Gasteiger partial charge in [0.05, 0.1) is 6.61 Å². The first-order valence-corrected chi connectivity index (χ1v) is 8.33. The molecule has 2 aromatic rings. The molecule has 1 aliphatic rings. The molecule has 3 rings (SSSR count). The van der Waals surface area contributed by atoms with E-state index in [-0.39, 0.29) is 11.1 Å². The van der Waals surface area contributed by atoms with Gasteiger partial charge in [-0.25, -0.2) is 4.79 Å². The molecule has 0 bridgehead atoms. The molecular weight excluding hydrogens is 306 g/mol. The largest absolute Gasteiger partial charge is 0.461 e. The van der Waals surface area contributed by atoms with Crippen LogP contribution in [0, 0.1) is 0 Å². The van der Waals surface area contributed by atoms with Gasteiger partial charge >= 0.3 is 5.97 Å². The number of carbonyl (C=O) groups is 1. The highest BCUT2D eigenvalue weighted by atomic mass is 16.5. The Labute approximate surface area is 141 Å². The fourth-order valence-corrected chi connectivity index (χ4v) is 2.91. The number of pyridine rings is 1. The Hall–Kier alpha value is -2.18. The van der Waals surface area contributed by atoms with E-state index < -0.39 is 5.97 Å². The third-order valence-electron chi connectivity index (χ3n) is 4.40. The molecule has 1 N–H and O–H groups in total. The second-order valence-electron chi connectivity index (χ2n) is 6.23. The second-order valence-corrected chi connectivity index (χ2v) is 6.23. The fraction of sp³-hybridized carbons (Fsp3) is 0.444. The maximum Gasteiger partial charge on any atom is 0.354 e. The first-order chi connectivity index (χ1) is 11.6. The Bertz CT molecular complexity index is 763. The summed E-state index contributed by atoms with van der Waals surface area (Å²) in [5, 5.41) is 0.573. The van der Waals surface area contributed by atoms with Crippen molar-refractivity contribution in [1.82, 2.24) is 14.8 Å². The van der Waals surface area contributed by atoms with Crippen molar-refractivity contribution in [2.75, 3.05) is 46.4 Å². The van der Waals surface area contributed by atoms with Crippen molar-refractivity contribution in [3.63, 3.8) is 0 Å². The maximum absolute atomic E-state index is 12.1. The van der Waals surface area contributed by atoms with Crippen LogP contribution in [0.5, 0.6) is 0 Å². The monoisotopic (exact) mass is 329 g/mol. The van der Waals surface area contributed by atoms with Gasteiger partial charge in [0.15, 0.2) is 5.43 Å². The molecule has 24 heavy (non-hydrogen) atoms. The minimum atomic E-state index is -0.476. The van der Waals surface area contributed by atoms with Crippen molar-refractivity contribution >= 4 is 16.9 Å². The van der Waals surface area contributed by atoms with Crippen molar-refractivity contribution in [2.24, 2.45) is 0 Å². The molecule has 0 aliphatic carbocycles. The summed E-state index contributed by atoms with van der Waals surface area (Å²) in [6, 6.07) is 8.45. The Morgan fingerprint density at radius 3 is 2.75 bits per heavy atom. The molecule has 1 saturated heterocycles. The molecule has 0 amide bonds. The summed E-state index contributed by atoms with van der Waals surface area (Å²) in [7, 11) is 2.13. The predicted molar refractivity (Wildman–Crippen MR) is 93.4 cm³/mol. The smallest absolute Gasteiger partial charge is 0.354 e. The summed E-state index contributed by atoms with van der Waals surface area (Å²) in [4.78, 5) is 31.8. The van der Waals surface area contributed by atoms with Gasteiger partial charge in [-0.2, -0.15) is 0 Å². The molecule has 6 nitrogen and oxygen atoms in total. The van der Waals surface area contributed by atoms with Gasteiger partial charge in [0.2, 0.25) is 0 Å². The van der Waals surface area contributed by atoms with E-state index in [9.17, 15) is 9.59 Å². The van der Waals surface area contributed by atoms with Crippen molar-refractivity contribution in [2.45, 2.75) is 6.42 Å². The average molecular weight is 329 g/mol. The average Bonchev–Trinajstić information content (AvgIpc) is 2.60. The number of aromatic nitrogens is 1. The number of benzene rings is 1. The number of para-hydroxylation sites is 1. The summed E-state index contributed by atoms with van der Waals surface area (Å²) in [5.41, 5.74) is 0.682. The SMILES string of the molecule is CN1CCN(CCCOC(=O)c2cc(=O)c3ccccc3[nH]2)CC1. The lowest BCUT2D eigenvalue weighted by Gasteiger charge is -2.32. The third-order valence-corrected chi connectivity index (χ3v) is 4.40. The van der Waals surface area contributed by atoms with Crippen molar-refractivity contribution in [3.8, 4) is 0 Å². The van der Waals surface area contributed by atoms with Gasteiger partial charge in [0.1, 0.15) is 5.69 Å². The van der Waals surface area contributed by atoms with Crippen LogP contribution >= 0.6 is 0 Å². The number of nitrogens with zero attached hydrogens (tertiary/aromatic N) is 2. The minimum Gasteiger partial charge on any atom is -0.461 e. The number of piperazine rings is 1. The van der Waals surface area contributed by atoms with Gasteiger partial charge in [0, 0.05) is 49.7 Å². The highest BCUT2D eigenvalue weighted by Gasteiger charge is 2.14. The molecule has 0 saturated carbocycles. The standard InChI is InChI=1S/C18H23N3O3/c1-20-8-10-21(11-9-20)7-4-12-24-18(23)16-13-17(22)14-5-2-3-6-15(14)19-16/h2-3,5-6,13H,4,7-12H2,1H3,(H,19,22). The number of aromatic amines is 1. The first-order valence-electron chi connectivity index (χ1n) is 8.33. The molecule has 128 valence electrons. The van der Waals surface area contributed by atoms with Crippen LogP contribution in [0.25, 0.3) is 10.9 Å². The summed E-state index contributed by atoms with van der Waals surface area (Å²) >= 11 is 0. The number of H-pyrrole nitrogens is 1. The number of hydrogen-bond donors (Lipinski definition) is 1. The molecule has 1 aromatic heterocycles. The Balaban J connectivity index is 1.51.